The van der Waals surface area contributed by atoms with Crippen LogP contribution in [0.1, 0.15) is 10.4 Å². The van der Waals surface area contributed by atoms with Gasteiger partial charge in [-0.3, -0.25) is 9.59 Å². The van der Waals surface area contributed by atoms with Gasteiger partial charge in [-0.2, -0.15) is 0 Å². The summed E-state index contributed by atoms with van der Waals surface area (Å²) in [5.74, 6) is -0.0693. The number of amides is 2. The number of anilines is 2. The average Bonchev–Trinajstić information content (AvgIpc) is 2.68. The van der Waals surface area contributed by atoms with E-state index in [1.54, 1.807) is 30.3 Å². The minimum atomic E-state index is -0.238. The van der Waals surface area contributed by atoms with Crippen molar-refractivity contribution in [3.05, 3.63) is 87.9 Å². The van der Waals surface area contributed by atoms with Gasteiger partial charge in [-0.1, -0.05) is 39.7 Å². The molecule has 2 amide bonds. The van der Waals surface area contributed by atoms with E-state index in [4.69, 9.17) is 11.6 Å². The molecule has 2 N–H and O–H groups in total. The van der Waals surface area contributed by atoms with Gasteiger partial charge in [-0.15, -0.1) is 11.8 Å². The summed E-state index contributed by atoms with van der Waals surface area (Å²) in [5, 5.41) is 6.20. The van der Waals surface area contributed by atoms with E-state index in [2.05, 4.69) is 26.6 Å². The number of hydrogen-bond donors (Lipinski definition) is 2. The standard InChI is InChI=1S/C21H16BrClN2O2S/c22-15-7-9-17(10-8-15)24-20(26)13-28-19-6-2-5-18(12-19)25-21(27)14-3-1-4-16(23)11-14/h1-12H,13H2,(H,24,26)(H,25,27). The van der Waals surface area contributed by atoms with Crippen molar-refractivity contribution in [2.45, 2.75) is 4.90 Å². The average molecular weight is 476 g/mol. The van der Waals surface area contributed by atoms with Gasteiger partial charge in [0, 0.05) is 31.3 Å². The molecule has 7 heteroatoms. The number of halogens is 2. The lowest BCUT2D eigenvalue weighted by molar-refractivity contribution is -0.113. The second kappa shape index (κ2) is 9.78. The highest BCUT2D eigenvalue weighted by atomic mass is 79.9. The number of hydrogen-bond acceptors (Lipinski definition) is 3. The summed E-state index contributed by atoms with van der Waals surface area (Å²) in [6, 6.07) is 21.5. The highest BCUT2D eigenvalue weighted by molar-refractivity contribution is 9.10. The van der Waals surface area contributed by atoms with E-state index in [1.807, 2.05) is 42.5 Å². The van der Waals surface area contributed by atoms with E-state index in [1.165, 1.54) is 11.8 Å². The molecular weight excluding hydrogens is 460 g/mol. The Bertz CT molecular complexity index is 996. The fourth-order valence-electron chi connectivity index (χ4n) is 2.38. The van der Waals surface area contributed by atoms with Gasteiger partial charge in [-0.05, 0) is 60.7 Å². The Balaban J connectivity index is 1.56. The summed E-state index contributed by atoms with van der Waals surface area (Å²) in [5.41, 5.74) is 1.89. The van der Waals surface area contributed by atoms with E-state index < -0.39 is 0 Å². The van der Waals surface area contributed by atoms with Crippen LogP contribution in [0.4, 0.5) is 11.4 Å². The van der Waals surface area contributed by atoms with Crippen molar-refractivity contribution in [2.75, 3.05) is 16.4 Å². The topological polar surface area (TPSA) is 58.2 Å². The summed E-state index contributed by atoms with van der Waals surface area (Å²) >= 11 is 10.7. The zero-order valence-corrected chi connectivity index (χ0v) is 17.8. The molecule has 0 saturated carbocycles. The number of rotatable bonds is 6. The lowest BCUT2D eigenvalue weighted by atomic mass is 10.2. The van der Waals surface area contributed by atoms with Crippen molar-refractivity contribution in [1.82, 2.24) is 0 Å². The van der Waals surface area contributed by atoms with E-state index in [-0.39, 0.29) is 17.6 Å². The fraction of sp³-hybridized carbons (Fsp3) is 0.0476. The first-order chi connectivity index (χ1) is 13.5. The normalized spacial score (nSPS) is 10.4. The van der Waals surface area contributed by atoms with Crippen molar-refractivity contribution < 1.29 is 9.59 Å². The number of carbonyl (C=O) groups excluding carboxylic acids is 2. The smallest absolute Gasteiger partial charge is 0.255 e. The fourth-order valence-corrected chi connectivity index (χ4v) is 3.59. The molecular formula is C21H16BrClN2O2S. The quantitative estimate of drug-likeness (QED) is 0.424. The minimum absolute atomic E-state index is 0.0966. The van der Waals surface area contributed by atoms with E-state index in [0.29, 0.717) is 16.3 Å². The molecule has 0 aliphatic heterocycles. The molecule has 28 heavy (non-hydrogen) atoms. The van der Waals surface area contributed by atoms with Crippen LogP contribution in [0.25, 0.3) is 0 Å². The molecule has 4 nitrogen and oxygen atoms in total. The summed E-state index contributed by atoms with van der Waals surface area (Å²) in [6.45, 7) is 0. The lowest BCUT2D eigenvalue weighted by Crippen LogP contribution is -2.14. The van der Waals surface area contributed by atoms with Crippen LogP contribution in [0.5, 0.6) is 0 Å². The summed E-state index contributed by atoms with van der Waals surface area (Å²) in [6.07, 6.45) is 0. The third kappa shape index (κ3) is 6.12. The highest BCUT2D eigenvalue weighted by Gasteiger charge is 2.08. The van der Waals surface area contributed by atoms with E-state index in [9.17, 15) is 9.59 Å². The Hall–Kier alpha value is -2.28. The molecule has 0 radical (unpaired) electrons. The molecule has 0 bridgehead atoms. The predicted octanol–water partition coefficient (Wildman–Crippen LogP) is 6.09. The zero-order chi connectivity index (χ0) is 19.9. The van der Waals surface area contributed by atoms with Crippen LogP contribution in [0.2, 0.25) is 5.02 Å². The molecule has 3 rings (SSSR count). The van der Waals surface area contributed by atoms with E-state index in [0.717, 1.165) is 15.1 Å². The second-order valence-electron chi connectivity index (χ2n) is 5.84. The third-order valence-corrected chi connectivity index (χ3v) is 5.43. The van der Waals surface area contributed by atoms with Crippen molar-refractivity contribution in [3.63, 3.8) is 0 Å². The molecule has 0 heterocycles. The molecule has 0 aliphatic rings. The van der Waals surface area contributed by atoms with Crippen molar-refractivity contribution in [2.24, 2.45) is 0 Å². The van der Waals surface area contributed by atoms with E-state index >= 15 is 0 Å². The molecule has 0 saturated heterocycles. The Morgan fingerprint density at radius 1 is 0.893 bits per heavy atom. The highest BCUT2D eigenvalue weighted by Crippen LogP contribution is 2.23. The van der Waals surface area contributed by atoms with Crippen LogP contribution in [0.3, 0.4) is 0 Å². The van der Waals surface area contributed by atoms with Crippen molar-refractivity contribution >= 4 is 62.5 Å². The van der Waals surface area contributed by atoms with Crippen LogP contribution in [-0.2, 0) is 4.79 Å². The molecule has 3 aromatic carbocycles. The minimum Gasteiger partial charge on any atom is -0.325 e. The monoisotopic (exact) mass is 474 g/mol. The van der Waals surface area contributed by atoms with Gasteiger partial charge >= 0.3 is 0 Å². The Morgan fingerprint density at radius 3 is 2.39 bits per heavy atom. The van der Waals surface area contributed by atoms with Crippen molar-refractivity contribution in [3.8, 4) is 0 Å². The number of thioether (sulfide) groups is 1. The molecule has 142 valence electrons. The summed E-state index contributed by atoms with van der Waals surface area (Å²) < 4.78 is 0.955. The zero-order valence-electron chi connectivity index (χ0n) is 14.6. The molecule has 0 unspecified atom stereocenters. The third-order valence-electron chi connectivity index (χ3n) is 3.68. The van der Waals surface area contributed by atoms with Gasteiger partial charge in [0.1, 0.15) is 0 Å². The SMILES string of the molecule is O=C(CSc1cccc(NC(=O)c2cccc(Cl)c2)c1)Nc1ccc(Br)cc1. The number of benzene rings is 3. The molecule has 0 aromatic heterocycles. The maximum atomic E-state index is 12.3. The van der Waals surface area contributed by atoms with Crippen LogP contribution >= 0.6 is 39.3 Å². The Kier molecular flexibility index (Phi) is 7.14. The van der Waals surface area contributed by atoms with Gasteiger partial charge in [-0.25, -0.2) is 0 Å². The first-order valence-electron chi connectivity index (χ1n) is 8.35. The molecule has 0 atom stereocenters. The van der Waals surface area contributed by atoms with Gasteiger partial charge in [0.2, 0.25) is 5.91 Å². The number of carbonyl (C=O) groups is 2. The first-order valence-corrected chi connectivity index (χ1v) is 10.5. The number of nitrogens with one attached hydrogen (secondary N) is 2. The molecule has 0 aliphatic carbocycles. The Labute approximate surface area is 180 Å². The van der Waals surface area contributed by atoms with Gasteiger partial charge in [0.05, 0.1) is 5.75 Å². The van der Waals surface area contributed by atoms with Crippen LogP contribution in [0.15, 0.2) is 82.2 Å². The maximum Gasteiger partial charge on any atom is 0.255 e. The van der Waals surface area contributed by atoms with Crippen LogP contribution in [-0.4, -0.2) is 17.6 Å². The van der Waals surface area contributed by atoms with Gasteiger partial charge in [0.25, 0.3) is 5.91 Å². The van der Waals surface area contributed by atoms with Crippen molar-refractivity contribution in [1.29, 1.82) is 0 Å². The molecule has 0 spiro atoms. The first kappa shape index (κ1) is 20.5. The van der Waals surface area contributed by atoms with Crippen LogP contribution in [0, 0.1) is 0 Å². The summed E-state index contributed by atoms with van der Waals surface area (Å²) in [7, 11) is 0. The summed E-state index contributed by atoms with van der Waals surface area (Å²) in [4.78, 5) is 25.3. The largest absolute Gasteiger partial charge is 0.325 e. The van der Waals surface area contributed by atoms with Crippen LogP contribution < -0.4 is 10.6 Å². The van der Waals surface area contributed by atoms with Gasteiger partial charge in [0.15, 0.2) is 0 Å². The molecule has 0 fully saturated rings. The maximum absolute atomic E-state index is 12.3. The second-order valence-corrected chi connectivity index (χ2v) is 8.24. The lowest BCUT2D eigenvalue weighted by Gasteiger charge is -2.08. The van der Waals surface area contributed by atoms with Gasteiger partial charge < -0.3 is 10.6 Å². The Morgan fingerprint density at radius 2 is 1.64 bits per heavy atom. The predicted molar refractivity (Wildman–Crippen MR) is 119 cm³/mol. The molecule has 3 aromatic rings.